The van der Waals surface area contributed by atoms with Crippen molar-refractivity contribution in [1.82, 2.24) is 14.5 Å². The van der Waals surface area contributed by atoms with Crippen LogP contribution in [0.25, 0.3) is 71.9 Å². The molecule has 0 bridgehead atoms. The molecular weight excluding hydrogens is 603 g/mol. The molecule has 0 saturated carbocycles. The molecule has 3 heterocycles. The summed E-state index contributed by atoms with van der Waals surface area (Å²) in [6.45, 7) is 0. The van der Waals surface area contributed by atoms with Gasteiger partial charge in [-0.25, -0.2) is 9.97 Å². The van der Waals surface area contributed by atoms with Gasteiger partial charge in [-0.2, -0.15) is 0 Å². The molecule has 0 aliphatic rings. The molecule has 0 unspecified atom stereocenters. The van der Waals surface area contributed by atoms with Gasteiger partial charge in [-0.3, -0.25) is 4.57 Å². The van der Waals surface area contributed by atoms with E-state index in [1.54, 1.807) is 6.07 Å². The van der Waals surface area contributed by atoms with Crippen LogP contribution in [0.4, 0.5) is 0 Å². The molecule has 0 saturated heterocycles. The van der Waals surface area contributed by atoms with Crippen molar-refractivity contribution in [3.63, 3.8) is 0 Å². The lowest BCUT2D eigenvalue weighted by Gasteiger charge is -2.16. The zero-order valence-corrected chi connectivity index (χ0v) is 26.4. The monoisotopic (exact) mass is 631 g/mol. The van der Waals surface area contributed by atoms with Gasteiger partial charge in [0.2, 0.25) is 5.88 Å². The maximum Gasteiger partial charge on any atom is 0.220 e. The van der Waals surface area contributed by atoms with E-state index in [1.807, 2.05) is 91.1 Å². The summed E-state index contributed by atoms with van der Waals surface area (Å²) >= 11 is 0. The van der Waals surface area contributed by atoms with E-state index in [1.165, 1.54) is 0 Å². The summed E-state index contributed by atoms with van der Waals surface area (Å²) in [5.74, 6) is 1.92. The van der Waals surface area contributed by atoms with Gasteiger partial charge in [0.1, 0.15) is 22.8 Å². The number of fused-ring (bicyclic) bond motifs is 4. The lowest BCUT2D eigenvalue weighted by molar-refractivity contribution is 0.460. The van der Waals surface area contributed by atoms with Gasteiger partial charge in [-0.15, -0.1) is 0 Å². The fourth-order valence-electron chi connectivity index (χ4n) is 6.79. The van der Waals surface area contributed by atoms with Crippen LogP contribution in [0.1, 0.15) is 0 Å². The lowest BCUT2D eigenvalue weighted by atomic mass is 9.93. The highest BCUT2D eigenvalue weighted by Gasteiger charge is 2.19. The number of hydrogen-bond acceptors (Lipinski definition) is 4. The second kappa shape index (κ2) is 11.8. The van der Waals surface area contributed by atoms with Crippen LogP contribution in [0.2, 0.25) is 0 Å². The fourth-order valence-corrected chi connectivity index (χ4v) is 6.79. The molecule has 232 valence electrons. The Bertz CT molecular complexity index is 2630. The Morgan fingerprint density at radius 1 is 0.510 bits per heavy atom. The van der Waals surface area contributed by atoms with E-state index in [-0.39, 0.29) is 5.75 Å². The number of para-hydroxylation sites is 1. The lowest BCUT2D eigenvalue weighted by Crippen LogP contribution is -1.98. The van der Waals surface area contributed by atoms with Gasteiger partial charge < -0.3 is 9.84 Å². The highest BCUT2D eigenvalue weighted by Crippen LogP contribution is 2.42. The molecule has 0 fully saturated rings. The summed E-state index contributed by atoms with van der Waals surface area (Å²) in [6.07, 6.45) is 1.86. The molecule has 5 nitrogen and oxygen atoms in total. The third-order valence-corrected chi connectivity index (χ3v) is 9.03. The molecule has 0 radical (unpaired) electrons. The Morgan fingerprint density at radius 3 is 1.92 bits per heavy atom. The summed E-state index contributed by atoms with van der Waals surface area (Å²) in [6, 6.07) is 55.0. The maximum absolute atomic E-state index is 11.2. The summed E-state index contributed by atoms with van der Waals surface area (Å²) in [5.41, 5.74) is 8.69. The topological polar surface area (TPSA) is 60.2 Å². The summed E-state index contributed by atoms with van der Waals surface area (Å²) < 4.78 is 8.77. The number of phenols is 1. The Hall–Kier alpha value is -6.72. The first-order valence-corrected chi connectivity index (χ1v) is 16.2. The average Bonchev–Trinajstić information content (AvgIpc) is 3.49. The molecule has 6 aromatic carbocycles. The largest absolute Gasteiger partial charge is 0.506 e. The molecule has 0 amide bonds. The number of nitrogens with zero attached hydrogens (tertiary/aromatic N) is 3. The molecular formula is C44H29N3O2. The van der Waals surface area contributed by atoms with Crippen molar-refractivity contribution in [3.8, 4) is 56.6 Å². The molecule has 0 aliphatic heterocycles. The molecule has 49 heavy (non-hydrogen) atoms. The predicted octanol–water partition coefficient (Wildman–Crippen LogP) is 11.2. The zero-order valence-electron chi connectivity index (χ0n) is 26.4. The highest BCUT2D eigenvalue weighted by atomic mass is 16.5. The third-order valence-electron chi connectivity index (χ3n) is 9.03. The number of hydrogen-bond donors (Lipinski definition) is 1. The first-order valence-electron chi connectivity index (χ1n) is 16.2. The number of phenolic OH excluding ortho intramolecular Hbond substituents is 1. The third kappa shape index (κ3) is 5.05. The zero-order chi connectivity index (χ0) is 32.7. The highest BCUT2D eigenvalue weighted by molar-refractivity contribution is 6.10. The van der Waals surface area contributed by atoms with Crippen LogP contribution >= 0.6 is 0 Å². The number of pyridine rings is 2. The van der Waals surface area contributed by atoms with E-state index in [0.717, 1.165) is 66.4 Å². The first-order chi connectivity index (χ1) is 24.2. The second-order valence-electron chi connectivity index (χ2n) is 12.0. The summed E-state index contributed by atoms with van der Waals surface area (Å²) in [5, 5.41) is 14.3. The van der Waals surface area contributed by atoms with Crippen LogP contribution in [-0.2, 0) is 0 Å². The Balaban J connectivity index is 1.21. The predicted molar refractivity (Wildman–Crippen MR) is 198 cm³/mol. The van der Waals surface area contributed by atoms with Crippen LogP contribution in [0, 0.1) is 0 Å². The van der Waals surface area contributed by atoms with Crippen molar-refractivity contribution in [2.75, 3.05) is 0 Å². The molecule has 5 heteroatoms. The van der Waals surface area contributed by atoms with E-state index in [9.17, 15) is 5.11 Å². The molecule has 0 aliphatic carbocycles. The minimum Gasteiger partial charge on any atom is -0.506 e. The first kappa shape index (κ1) is 28.5. The van der Waals surface area contributed by atoms with Gasteiger partial charge in [0, 0.05) is 34.5 Å². The standard InChI is InChI=1S/C44H29N3O2/c48-40-23-22-34(30-14-6-2-7-15-30)43-37(31-16-8-3-9-17-31)28-42(46-44(40)43)49-33-20-21-36-35-18-10-11-19-38(35)47(39(36)27-33)41-26-32(24-25-45-41)29-12-4-1-5-13-29/h1-28,48H. The molecule has 1 N–H and O–H groups in total. The Morgan fingerprint density at radius 2 is 1.16 bits per heavy atom. The van der Waals surface area contributed by atoms with Gasteiger partial charge in [-0.05, 0) is 75.8 Å². The number of benzene rings is 6. The summed E-state index contributed by atoms with van der Waals surface area (Å²) in [4.78, 5) is 9.73. The number of aromatic nitrogens is 3. The minimum absolute atomic E-state index is 0.0947. The van der Waals surface area contributed by atoms with Gasteiger partial charge in [0.25, 0.3) is 0 Å². The van der Waals surface area contributed by atoms with Crippen LogP contribution in [0.15, 0.2) is 170 Å². The SMILES string of the molecule is Oc1ccc(-c2ccccc2)c2c(-c3ccccc3)cc(Oc3ccc4c5ccccc5n(-c5cc(-c6ccccc6)ccn5)c4c3)nc12. The summed E-state index contributed by atoms with van der Waals surface area (Å²) in [7, 11) is 0. The molecule has 3 aromatic heterocycles. The van der Waals surface area contributed by atoms with Crippen molar-refractivity contribution >= 4 is 32.7 Å². The van der Waals surface area contributed by atoms with Gasteiger partial charge in [0.05, 0.1) is 11.0 Å². The van der Waals surface area contributed by atoms with Crippen molar-refractivity contribution in [2.24, 2.45) is 0 Å². The van der Waals surface area contributed by atoms with E-state index in [4.69, 9.17) is 14.7 Å². The van der Waals surface area contributed by atoms with Gasteiger partial charge in [0.15, 0.2) is 0 Å². The Kier molecular flexibility index (Phi) is 6.87. The number of ether oxygens (including phenoxy) is 1. The Labute approximate surface area is 283 Å². The smallest absolute Gasteiger partial charge is 0.220 e. The van der Waals surface area contributed by atoms with E-state index in [0.29, 0.717) is 17.1 Å². The average molecular weight is 632 g/mol. The van der Waals surface area contributed by atoms with E-state index in [2.05, 4.69) is 77.4 Å². The molecule has 9 rings (SSSR count). The van der Waals surface area contributed by atoms with Crippen molar-refractivity contribution < 1.29 is 9.84 Å². The fraction of sp³-hybridized carbons (Fsp3) is 0. The minimum atomic E-state index is 0.0947. The van der Waals surface area contributed by atoms with Crippen molar-refractivity contribution in [2.45, 2.75) is 0 Å². The normalized spacial score (nSPS) is 11.3. The molecule has 9 aromatic rings. The second-order valence-corrected chi connectivity index (χ2v) is 12.0. The number of aromatic hydroxyl groups is 1. The molecule has 0 spiro atoms. The quantitative estimate of drug-likeness (QED) is 0.198. The number of rotatable bonds is 6. The van der Waals surface area contributed by atoms with Gasteiger partial charge in [-0.1, -0.05) is 109 Å². The van der Waals surface area contributed by atoms with E-state index < -0.39 is 0 Å². The van der Waals surface area contributed by atoms with Crippen molar-refractivity contribution in [3.05, 3.63) is 170 Å². The maximum atomic E-state index is 11.2. The van der Waals surface area contributed by atoms with Crippen LogP contribution in [0.3, 0.4) is 0 Å². The van der Waals surface area contributed by atoms with Crippen LogP contribution in [0.5, 0.6) is 17.4 Å². The van der Waals surface area contributed by atoms with Gasteiger partial charge >= 0.3 is 0 Å². The molecule has 0 atom stereocenters. The van der Waals surface area contributed by atoms with Crippen LogP contribution in [-0.4, -0.2) is 19.6 Å². The van der Waals surface area contributed by atoms with E-state index >= 15 is 0 Å². The van der Waals surface area contributed by atoms with Crippen LogP contribution < -0.4 is 4.74 Å². The van der Waals surface area contributed by atoms with Crippen molar-refractivity contribution in [1.29, 1.82) is 0 Å².